The summed E-state index contributed by atoms with van der Waals surface area (Å²) in [6.07, 6.45) is 4.08. The van der Waals surface area contributed by atoms with Crippen molar-refractivity contribution in [3.63, 3.8) is 0 Å². The van der Waals surface area contributed by atoms with E-state index >= 15 is 0 Å². The van der Waals surface area contributed by atoms with Crippen LogP contribution >= 0.6 is 11.3 Å². The molecule has 4 nitrogen and oxygen atoms in total. The van der Waals surface area contributed by atoms with Gasteiger partial charge in [0.15, 0.2) is 5.60 Å². The van der Waals surface area contributed by atoms with Crippen molar-refractivity contribution in [1.82, 2.24) is 10.2 Å². The van der Waals surface area contributed by atoms with E-state index in [2.05, 4.69) is 40.5 Å². The number of amides is 1. The van der Waals surface area contributed by atoms with Crippen molar-refractivity contribution in [3.8, 4) is 0 Å². The molecule has 2 N–H and O–H groups in total. The standard InChI is InChI=1S/C24H30N2O2S/c27-23(24(28,18-9-4-5-10-18)22-11-6-12-29-22)25-13-19-20-15-26(16-21(19)20)14-17-7-2-1-3-8-17/h1-3,6-8,11-12,18-21,28H,4-5,9-10,13-16H2,(H,25,27). The van der Waals surface area contributed by atoms with E-state index in [1.165, 1.54) is 16.9 Å². The number of nitrogens with zero attached hydrogens (tertiary/aromatic N) is 1. The lowest BCUT2D eigenvalue weighted by molar-refractivity contribution is -0.147. The third-order valence-electron chi connectivity index (χ3n) is 7.38. The highest BCUT2D eigenvalue weighted by Gasteiger charge is 2.56. The number of nitrogens with one attached hydrogen (secondary N) is 1. The SMILES string of the molecule is O=C(NCC1C2CN(Cc3ccccc3)CC12)C(O)(c1cccs1)C1CCCC1. The molecular formula is C24H30N2O2S. The molecule has 2 saturated carbocycles. The molecule has 5 heteroatoms. The number of hydrogen-bond donors (Lipinski definition) is 2. The molecular weight excluding hydrogens is 380 g/mol. The van der Waals surface area contributed by atoms with Crippen molar-refractivity contribution in [2.75, 3.05) is 19.6 Å². The quantitative estimate of drug-likeness (QED) is 0.733. The molecule has 2 heterocycles. The Kier molecular flexibility index (Phi) is 5.23. The summed E-state index contributed by atoms with van der Waals surface area (Å²) in [7, 11) is 0. The summed E-state index contributed by atoms with van der Waals surface area (Å²) in [6.45, 7) is 3.97. The first kappa shape index (κ1) is 19.3. The number of benzene rings is 1. The molecule has 154 valence electrons. The lowest BCUT2D eigenvalue weighted by atomic mass is 9.83. The summed E-state index contributed by atoms with van der Waals surface area (Å²) >= 11 is 1.50. The molecule has 3 fully saturated rings. The van der Waals surface area contributed by atoms with E-state index in [1.807, 2.05) is 17.5 Å². The topological polar surface area (TPSA) is 52.6 Å². The highest BCUT2D eigenvalue weighted by atomic mass is 32.1. The Morgan fingerprint density at radius 1 is 1.10 bits per heavy atom. The zero-order valence-corrected chi connectivity index (χ0v) is 17.6. The Morgan fingerprint density at radius 2 is 1.83 bits per heavy atom. The number of carbonyl (C=O) groups excluding carboxylic acids is 1. The van der Waals surface area contributed by atoms with Gasteiger partial charge in [-0.15, -0.1) is 11.3 Å². The van der Waals surface area contributed by atoms with Gasteiger partial charge in [-0.25, -0.2) is 0 Å². The fraction of sp³-hybridized carbons (Fsp3) is 0.542. The van der Waals surface area contributed by atoms with Crippen LogP contribution in [0.4, 0.5) is 0 Å². The Hall–Kier alpha value is -1.69. The summed E-state index contributed by atoms with van der Waals surface area (Å²) in [4.78, 5) is 16.5. The van der Waals surface area contributed by atoms with Crippen LogP contribution in [0.15, 0.2) is 47.8 Å². The molecule has 3 atom stereocenters. The average Bonchev–Trinajstić information content (AvgIpc) is 3.32. The van der Waals surface area contributed by atoms with E-state index in [-0.39, 0.29) is 11.8 Å². The largest absolute Gasteiger partial charge is 0.374 e. The Labute approximate surface area is 176 Å². The van der Waals surface area contributed by atoms with Crippen LogP contribution < -0.4 is 5.32 Å². The maximum atomic E-state index is 13.1. The first-order valence-electron chi connectivity index (χ1n) is 11.0. The second-order valence-electron chi connectivity index (χ2n) is 9.11. The first-order chi connectivity index (χ1) is 14.2. The third kappa shape index (κ3) is 3.65. The number of rotatable bonds is 7. The van der Waals surface area contributed by atoms with Gasteiger partial charge < -0.3 is 10.4 Å². The number of carbonyl (C=O) groups is 1. The smallest absolute Gasteiger partial charge is 0.257 e. The van der Waals surface area contributed by atoms with Crippen molar-refractivity contribution >= 4 is 17.2 Å². The summed E-state index contributed by atoms with van der Waals surface area (Å²) in [6, 6.07) is 14.5. The van der Waals surface area contributed by atoms with Gasteiger partial charge in [-0.1, -0.05) is 49.2 Å². The minimum atomic E-state index is -1.35. The molecule has 0 spiro atoms. The van der Waals surface area contributed by atoms with Crippen LogP contribution in [0.25, 0.3) is 0 Å². The van der Waals surface area contributed by atoms with Crippen molar-refractivity contribution in [2.45, 2.75) is 37.8 Å². The molecule has 1 aliphatic heterocycles. The predicted molar refractivity (Wildman–Crippen MR) is 115 cm³/mol. The highest BCUT2D eigenvalue weighted by Crippen LogP contribution is 2.51. The zero-order chi connectivity index (χ0) is 19.8. The van der Waals surface area contributed by atoms with Crippen molar-refractivity contribution in [2.24, 2.45) is 23.7 Å². The van der Waals surface area contributed by atoms with Crippen LogP contribution in [-0.4, -0.2) is 35.5 Å². The van der Waals surface area contributed by atoms with Crippen molar-refractivity contribution in [1.29, 1.82) is 0 Å². The molecule has 5 rings (SSSR count). The van der Waals surface area contributed by atoms with E-state index < -0.39 is 5.60 Å². The Bertz CT molecular complexity index is 822. The maximum absolute atomic E-state index is 13.1. The number of thiophene rings is 1. The fourth-order valence-electron chi connectivity index (χ4n) is 5.69. The van der Waals surface area contributed by atoms with Gasteiger partial charge in [0.1, 0.15) is 0 Å². The van der Waals surface area contributed by atoms with Gasteiger partial charge in [-0.2, -0.15) is 0 Å². The molecule has 0 bridgehead atoms. The van der Waals surface area contributed by atoms with Crippen LogP contribution in [-0.2, 0) is 16.9 Å². The Morgan fingerprint density at radius 3 is 2.48 bits per heavy atom. The van der Waals surface area contributed by atoms with Crippen molar-refractivity contribution in [3.05, 3.63) is 58.3 Å². The van der Waals surface area contributed by atoms with E-state index in [0.29, 0.717) is 24.3 Å². The predicted octanol–water partition coefficient (Wildman–Crippen LogP) is 3.62. The van der Waals surface area contributed by atoms with Crippen LogP contribution in [0, 0.1) is 23.7 Å². The summed E-state index contributed by atoms with van der Waals surface area (Å²) in [5.41, 5.74) is 0.0183. The molecule has 1 saturated heterocycles. The van der Waals surface area contributed by atoms with Gasteiger partial charge in [0, 0.05) is 37.0 Å². The zero-order valence-electron chi connectivity index (χ0n) is 16.8. The molecule has 1 amide bonds. The highest BCUT2D eigenvalue weighted by molar-refractivity contribution is 7.10. The number of hydrogen-bond acceptors (Lipinski definition) is 4. The number of aliphatic hydroxyl groups is 1. The maximum Gasteiger partial charge on any atom is 0.257 e. The first-order valence-corrected chi connectivity index (χ1v) is 11.8. The van der Waals surface area contributed by atoms with Gasteiger partial charge in [-0.3, -0.25) is 9.69 Å². The molecule has 3 aliphatic rings. The fourth-order valence-corrected chi connectivity index (χ4v) is 6.59. The second-order valence-corrected chi connectivity index (χ2v) is 10.1. The molecule has 1 aromatic carbocycles. The van der Waals surface area contributed by atoms with Crippen LogP contribution in [0.5, 0.6) is 0 Å². The monoisotopic (exact) mass is 410 g/mol. The minimum Gasteiger partial charge on any atom is -0.374 e. The number of piperidine rings is 1. The lowest BCUT2D eigenvalue weighted by Gasteiger charge is -2.32. The van der Waals surface area contributed by atoms with Crippen LogP contribution in [0.3, 0.4) is 0 Å². The molecule has 2 aliphatic carbocycles. The second kappa shape index (κ2) is 7.86. The van der Waals surface area contributed by atoms with Crippen molar-refractivity contribution < 1.29 is 9.90 Å². The van der Waals surface area contributed by atoms with Gasteiger partial charge in [-0.05, 0) is 47.6 Å². The number of likely N-dealkylation sites (tertiary alicyclic amines) is 1. The molecule has 3 unspecified atom stereocenters. The van der Waals surface area contributed by atoms with Gasteiger partial charge in [0.2, 0.25) is 0 Å². The van der Waals surface area contributed by atoms with Gasteiger partial charge >= 0.3 is 0 Å². The Balaban J connectivity index is 1.16. The van der Waals surface area contributed by atoms with E-state index in [0.717, 1.165) is 50.2 Å². The van der Waals surface area contributed by atoms with Gasteiger partial charge in [0.05, 0.1) is 0 Å². The molecule has 1 aromatic heterocycles. The summed E-state index contributed by atoms with van der Waals surface area (Å²) < 4.78 is 0. The van der Waals surface area contributed by atoms with E-state index in [1.54, 1.807) is 0 Å². The lowest BCUT2D eigenvalue weighted by Crippen LogP contribution is -2.49. The molecule has 29 heavy (non-hydrogen) atoms. The summed E-state index contributed by atoms with van der Waals surface area (Å²) in [5, 5.41) is 16.6. The van der Waals surface area contributed by atoms with E-state index in [9.17, 15) is 9.90 Å². The molecule has 2 aromatic rings. The number of fused-ring (bicyclic) bond motifs is 1. The van der Waals surface area contributed by atoms with E-state index in [4.69, 9.17) is 0 Å². The normalized spacial score (nSPS) is 28.8. The van der Waals surface area contributed by atoms with Crippen LogP contribution in [0.2, 0.25) is 0 Å². The summed E-state index contributed by atoms with van der Waals surface area (Å²) in [5.74, 6) is 1.82. The molecule has 0 radical (unpaired) electrons. The average molecular weight is 411 g/mol. The minimum absolute atomic E-state index is 0.0428. The van der Waals surface area contributed by atoms with Crippen LogP contribution in [0.1, 0.15) is 36.1 Å². The third-order valence-corrected chi connectivity index (χ3v) is 8.38. The van der Waals surface area contributed by atoms with Gasteiger partial charge in [0.25, 0.3) is 5.91 Å².